The zero-order chi connectivity index (χ0) is 67.2. The molecule has 2 unspecified atom stereocenters. The molecule has 2 atom stereocenters. The van der Waals surface area contributed by atoms with Gasteiger partial charge in [-0.05, 0) is 12.8 Å². The van der Waals surface area contributed by atoms with E-state index in [0.29, 0.717) is 12.8 Å². The lowest BCUT2D eigenvalue weighted by Crippen LogP contribution is -2.29. The third kappa shape index (κ3) is 79.9. The highest BCUT2D eigenvalue weighted by Crippen LogP contribution is 2.43. The van der Waals surface area contributed by atoms with E-state index >= 15 is 0 Å². The van der Waals surface area contributed by atoms with Crippen LogP contribution in [0, 0.1) is 0 Å². The molecular formula is C83H166NO8P. The zero-order valence-electron chi connectivity index (χ0n) is 63.1. The first kappa shape index (κ1) is 92.0. The highest BCUT2D eigenvalue weighted by atomic mass is 31.2. The highest BCUT2D eigenvalue weighted by Gasteiger charge is 2.26. The Kier molecular flexibility index (Phi) is 79.1. The third-order valence-corrected chi connectivity index (χ3v) is 21.0. The minimum Gasteiger partial charge on any atom is -0.462 e. The predicted octanol–water partition coefficient (Wildman–Crippen LogP) is 28.4. The molecule has 0 amide bonds. The van der Waals surface area contributed by atoms with Crippen LogP contribution in [0.2, 0.25) is 0 Å². The molecular weight excluding hydrogens is 1170 g/mol. The average Bonchev–Trinajstić information content (AvgIpc) is 3.50. The maximum absolute atomic E-state index is 12.8. The van der Waals surface area contributed by atoms with E-state index in [1.54, 1.807) is 0 Å². The Morgan fingerprint density at radius 1 is 0.280 bits per heavy atom. The van der Waals surface area contributed by atoms with Gasteiger partial charge in [-0.1, -0.05) is 463 Å². The van der Waals surface area contributed by atoms with E-state index < -0.39 is 26.5 Å². The Hall–Kier alpha value is -0.990. The van der Waals surface area contributed by atoms with Crippen molar-refractivity contribution in [3.8, 4) is 0 Å². The summed E-state index contributed by atoms with van der Waals surface area (Å²) in [5, 5.41) is 0. The van der Waals surface area contributed by atoms with Gasteiger partial charge in [0, 0.05) is 19.4 Å². The topological polar surface area (TPSA) is 134 Å². The maximum Gasteiger partial charge on any atom is 0.472 e. The molecule has 0 aliphatic rings. The molecule has 9 nitrogen and oxygen atoms in total. The van der Waals surface area contributed by atoms with Crippen LogP contribution in [0.5, 0.6) is 0 Å². The number of esters is 2. The Labute approximate surface area is 581 Å². The molecule has 556 valence electrons. The highest BCUT2D eigenvalue weighted by molar-refractivity contribution is 7.47. The fourth-order valence-electron chi connectivity index (χ4n) is 13.7. The Bertz CT molecular complexity index is 1480. The molecule has 0 saturated carbocycles. The molecule has 0 spiro atoms. The van der Waals surface area contributed by atoms with Gasteiger partial charge in [0.1, 0.15) is 6.61 Å². The van der Waals surface area contributed by atoms with E-state index in [1.165, 1.54) is 424 Å². The van der Waals surface area contributed by atoms with Gasteiger partial charge in [-0.2, -0.15) is 0 Å². The van der Waals surface area contributed by atoms with Gasteiger partial charge in [0.2, 0.25) is 0 Å². The number of phosphoric acid groups is 1. The van der Waals surface area contributed by atoms with Crippen LogP contribution in [-0.2, 0) is 32.7 Å². The van der Waals surface area contributed by atoms with Crippen LogP contribution in [0.1, 0.15) is 489 Å². The summed E-state index contributed by atoms with van der Waals surface area (Å²) in [6, 6.07) is 0. The lowest BCUT2D eigenvalue weighted by atomic mass is 10.0. The molecule has 0 bridgehead atoms. The first-order valence-electron chi connectivity index (χ1n) is 42.5. The summed E-state index contributed by atoms with van der Waals surface area (Å²) >= 11 is 0. The van der Waals surface area contributed by atoms with Gasteiger partial charge in [-0.25, -0.2) is 4.57 Å². The smallest absolute Gasteiger partial charge is 0.462 e. The van der Waals surface area contributed by atoms with Gasteiger partial charge in [-0.3, -0.25) is 18.6 Å². The molecule has 10 heteroatoms. The number of hydrogen-bond acceptors (Lipinski definition) is 8. The number of rotatable bonds is 83. The van der Waals surface area contributed by atoms with Gasteiger partial charge in [0.15, 0.2) is 6.10 Å². The van der Waals surface area contributed by atoms with Gasteiger partial charge < -0.3 is 20.1 Å². The van der Waals surface area contributed by atoms with Crippen molar-refractivity contribution in [2.75, 3.05) is 26.4 Å². The van der Waals surface area contributed by atoms with Crippen molar-refractivity contribution in [1.29, 1.82) is 0 Å². The number of nitrogens with two attached hydrogens (primary N) is 1. The van der Waals surface area contributed by atoms with E-state index in [4.69, 9.17) is 24.3 Å². The van der Waals surface area contributed by atoms with Crippen molar-refractivity contribution in [3.63, 3.8) is 0 Å². The molecule has 0 aromatic heterocycles. The molecule has 3 N–H and O–H groups in total. The SMILES string of the molecule is CCCCCCCCCCCCCCCCCCCCCCCCCCCCCCCCCCCCCCCCCCC(=O)OC(COC(=O)CCCCCCCCCCCCCCCCCCCCCCCCCCCCCCCCCC)COP(=O)(O)OCCN. The minimum atomic E-state index is -4.39. The predicted molar refractivity (Wildman–Crippen MR) is 405 cm³/mol. The number of phosphoric ester groups is 1. The van der Waals surface area contributed by atoms with Gasteiger partial charge in [0.25, 0.3) is 0 Å². The lowest BCUT2D eigenvalue weighted by Gasteiger charge is -2.19. The van der Waals surface area contributed by atoms with Crippen LogP contribution in [-0.4, -0.2) is 49.3 Å². The van der Waals surface area contributed by atoms with Gasteiger partial charge >= 0.3 is 19.8 Å². The van der Waals surface area contributed by atoms with E-state index in [0.717, 1.165) is 32.1 Å². The molecule has 0 rings (SSSR count). The molecule has 0 aliphatic carbocycles. The van der Waals surface area contributed by atoms with E-state index in [1.807, 2.05) is 0 Å². The summed E-state index contributed by atoms with van der Waals surface area (Å²) in [6.45, 7) is 3.86. The second-order valence-electron chi connectivity index (χ2n) is 29.4. The second-order valence-corrected chi connectivity index (χ2v) is 30.9. The summed E-state index contributed by atoms with van der Waals surface area (Å²) in [5.74, 6) is -0.793. The summed E-state index contributed by atoms with van der Waals surface area (Å²) in [6.07, 6.45) is 98.6. The Morgan fingerprint density at radius 2 is 0.462 bits per heavy atom. The summed E-state index contributed by atoms with van der Waals surface area (Å²) in [5.41, 5.74) is 5.42. The Morgan fingerprint density at radius 3 is 0.656 bits per heavy atom. The number of hydrogen-bond donors (Lipinski definition) is 2. The third-order valence-electron chi connectivity index (χ3n) is 20.0. The van der Waals surface area contributed by atoms with Crippen molar-refractivity contribution in [2.24, 2.45) is 5.73 Å². The minimum absolute atomic E-state index is 0.0590. The van der Waals surface area contributed by atoms with Gasteiger partial charge in [0.05, 0.1) is 13.2 Å². The van der Waals surface area contributed by atoms with Crippen molar-refractivity contribution >= 4 is 19.8 Å². The zero-order valence-corrected chi connectivity index (χ0v) is 64.0. The number of carbonyl (C=O) groups is 2. The second kappa shape index (κ2) is 80.0. The molecule has 0 aromatic carbocycles. The van der Waals surface area contributed by atoms with Crippen LogP contribution in [0.4, 0.5) is 0 Å². The summed E-state index contributed by atoms with van der Waals surface area (Å²) < 4.78 is 33.3. The monoisotopic (exact) mass is 1340 g/mol. The summed E-state index contributed by atoms with van der Waals surface area (Å²) in [4.78, 5) is 35.5. The fourth-order valence-corrected chi connectivity index (χ4v) is 14.5. The number of carbonyl (C=O) groups excluding carboxylic acids is 2. The standard InChI is InChI=1S/C83H166NO8P/c1-3-5-7-9-11-13-15-17-19-21-23-25-27-29-31-33-35-37-38-39-40-41-42-43-44-46-48-50-52-54-56-58-60-62-64-66-68-70-72-74-76-83(86)92-81(80-91-93(87,88)90-78-77-84)79-89-82(85)75-73-71-69-67-65-63-61-59-57-55-53-51-49-47-45-36-34-32-30-28-26-24-22-20-18-16-14-12-10-8-6-4-2/h81H,3-80,84H2,1-2H3,(H,87,88). The van der Waals surface area contributed by atoms with Crippen LogP contribution >= 0.6 is 7.82 Å². The van der Waals surface area contributed by atoms with Crippen molar-refractivity contribution in [3.05, 3.63) is 0 Å². The van der Waals surface area contributed by atoms with Crippen LogP contribution in [0.3, 0.4) is 0 Å². The van der Waals surface area contributed by atoms with Crippen LogP contribution in [0.25, 0.3) is 0 Å². The van der Waals surface area contributed by atoms with Crippen molar-refractivity contribution < 1.29 is 37.6 Å². The Balaban J connectivity index is 3.69. The first-order valence-corrected chi connectivity index (χ1v) is 44.0. The molecule has 0 aromatic rings. The lowest BCUT2D eigenvalue weighted by molar-refractivity contribution is -0.161. The molecule has 0 aliphatic heterocycles. The molecule has 93 heavy (non-hydrogen) atoms. The maximum atomic E-state index is 12.8. The normalized spacial score (nSPS) is 12.7. The quantitative estimate of drug-likeness (QED) is 0.0347. The van der Waals surface area contributed by atoms with Gasteiger partial charge in [-0.15, -0.1) is 0 Å². The molecule has 0 fully saturated rings. The van der Waals surface area contributed by atoms with Crippen LogP contribution in [0.15, 0.2) is 0 Å². The van der Waals surface area contributed by atoms with Crippen molar-refractivity contribution in [1.82, 2.24) is 0 Å². The average molecular weight is 1340 g/mol. The number of ether oxygens (including phenoxy) is 2. The largest absolute Gasteiger partial charge is 0.472 e. The molecule has 0 heterocycles. The van der Waals surface area contributed by atoms with E-state index in [9.17, 15) is 19.0 Å². The first-order chi connectivity index (χ1) is 45.8. The van der Waals surface area contributed by atoms with E-state index in [-0.39, 0.29) is 32.1 Å². The fraction of sp³-hybridized carbons (Fsp3) is 0.976. The number of unbranched alkanes of at least 4 members (excludes halogenated alkanes) is 70. The molecule has 0 saturated heterocycles. The molecule has 0 radical (unpaired) electrons. The van der Waals surface area contributed by atoms with E-state index in [2.05, 4.69) is 13.8 Å². The summed E-state index contributed by atoms with van der Waals surface area (Å²) in [7, 11) is -4.39. The van der Waals surface area contributed by atoms with Crippen LogP contribution < -0.4 is 5.73 Å². The van der Waals surface area contributed by atoms with Crippen molar-refractivity contribution in [2.45, 2.75) is 495 Å².